The molecular formula is C10H19ClN8OS2. The Morgan fingerprint density at radius 2 is 2.27 bits per heavy atom. The highest BCUT2D eigenvalue weighted by Gasteiger charge is 2.03. The molecule has 1 heterocycles. The summed E-state index contributed by atoms with van der Waals surface area (Å²) in [6.45, 7) is 0.639. The quantitative estimate of drug-likeness (QED) is 0.241. The van der Waals surface area contributed by atoms with Crippen LogP contribution < -0.4 is 27.4 Å². The van der Waals surface area contributed by atoms with Gasteiger partial charge in [0.2, 0.25) is 5.96 Å². The molecule has 0 fully saturated rings. The number of thioether (sulfide) groups is 1. The van der Waals surface area contributed by atoms with Crippen molar-refractivity contribution in [3.63, 3.8) is 0 Å². The van der Waals surface area contributed by atoms with Crippen molar-refractivity contribution >= 4 is 58.6 Å². The number of aliphatic imine (C=N–C) groups is 1. The predicted molar refractivity (Wildman–Crippen MR) is 95.1 cm³/mol. The van der Waals surface area contributed by atoms with Gasteiger partial charge in [-0.15, -0.1) is 23.7 Å². The second-order valence-corrected chi connectivity index (χ2v) is 5.67. The van der Waals surface area contributed by atoms with Crippen LogP contribution in [0.15, 0.2) is 10.4 Å². The van der Waals surface area contributed by atoms with Crippen molar-refractivity contribution in [2.75, 3.05) is 24.7 Å². The second-order valence-electron chi connectivity index (χ2n) is 3.71. The Morgan fingerprint density at radius 3 is 2.86 bits per heavy atom. The molecule has 0 spiro atoms. The van der Waals surface area contributed by atoms with Gasteiger partial charge in [-0.3, -0.25) is 5.41 Å². The number of anilines is 1. The van der Waals surface area contributed by atoms with E-state index in [2.05, 4.69) is 25.9 Å². The van der Waals surface area contributed by atoms with Crippen LogP contribution in [0, 0.1) is 5.41 Å². The number of amides is 2. The first-order valence-electron chi connectivity index (χ1n) is 5.94. The van der Waals surface area contributed by atoms with Gasteiger partial charge < -0.3 is 27.4 Å². The lowest BCUT2D eigenvalue weighted by molar-refractivity contribution is 0.256. The smallest absolute Gasteiger partial charge is 0.341 e. The van der Waals surface area contributed by atoms with Gasteiger partial charge in [-0.2, -0.15) is 16.8 Å². The molecule has 0 aliphatic heterocycles. The highest BCUT2D eigenvalue weighted by Crippen LogP contribution is 2.18. The maximum Gasteiger partial charge on any atom is 0.341 e. The summed E-state index contributed by atoms with van der Waals surface area (Å²) in [5, 5.41) is 18.0. The Morgan fingerprint density at radius 1 is 1.55 bits per heavy atom. The SMILES string of the molecule is CN/C(=N/C(N)=O)NCCSCc1csc(NC(=N)N)n1.Cl. The van der Waals surface area contributed by atoms with Gasteiger partial charge in [0.1, 0.15) is 0 Å². The van der Waals surface area contributed by atoms with Crippen LogP contribution in [0.1, 0.15) is 5.69 Å². The summed E-state index contributed by atoms with van der Waals surface area (Å²) < 4.78 is 0. The van der Waals surface area contributed by atoms with E-state index in [4.69, 9.17) is 16.9 Å². The summed E-state index contributed by atoms with van der Waals surface area (Å²) in [5.41, 5.74) is 11.1. The van der Waals surface area contributed by atoms with E-state index in [-0.39, 0.29) is 18.4 Å². The number of urea groups is 1. The standard InChI is InChI=1S/C10H18N8OS2.ClH/c1-14-9(18-8(13)19)15-2-3-20-4-6-5-21-10(16-6)17-7(11)12;/h5H,2-4H2,1H3,(H4,11,12,16,17)(H4,13,14,15,18,19);1H. The van der Waals surface area contributed by atoms with Gasteiger partial charge in [0.15, 0.2) is 11.1 Å². The van der Waals surface area contributed by atoms with Crippen LogP contribution in [0.4, 0.5) is 9.93 Å². The Bertz CT molecular complexity index is 521. The molecule has 1 rings (SSSR count). The van der Waals surface area contributed by atoms with Crippen molar-refractivity contribution in [2.24, 2.45) is 16.5 Å². The molecule has 0 aromatic carbocycles. The lowest BCUT2D eigenvalue weighted by Crippen LogP contribution is -2.37. The highest BCUT2D eigenvalue weighted by atomic mass is 35.5. The molecule has 0 saturated heterocycles. The predicted octanol–water partition coefficient (Wildman–Crippen LogP) is 0.347. The van der Waals surface area contributed by atoms with Crippen LogP contribution in [0.2, 0.25) is 0 Å². The lowest BCUT2D eigenvalue weighted by Gasteiger charge is -2.07. The van der Waals surface area contributed by atoms with Crippen molar-refractivity contribution in [2.45, 2.75) is 5.75 Å². The Balaban J connectivity index is 0.00000441. The summed E-state index contributed by atoms with van der Waals surface area (Å²) >= 11 is 3.08. The van der Waals surface area contributed by atoms with Crippen molar-refractivity contribution in [1.29, 1.82) is 5.41 Å². The average Bonchev–Trinajstić information content (AvgIpc) is 2.83. The van der Waals surface area contributed by atoms with Gasteiger partial charge in [-0.05, 0) is 0 Å². The van der Waals surface area contributed by atoms with Crippen LogP contribution in [0.3, 0.4) is 0 Å². The summed E-state index contributed by atoms with van der Waals surface area (Å²) in [6.07, 6.45) is 0. The molecule has 0 unspecified atom stereocenters. The van der Waals surface area contributed by atoms with Crippen LogP contribution in [0.5, 0.6) is 0 Å². The molecule has 1 aromatic heterocycles. The van der Waals surface area contributed by atoms with E-state index < -0.39 is 6.03 Å². The fraction of sp³-hybridized carbons (Fsp3) is 0.400. The number of rotatable bonds is 6. The first-order valence-corrected chi connectivity index (χ1v) is 7.97. The topological polar surface area (TPSA) is 154 Å². The average molecular weight is 367 g/mol. The number of thiazole rings is 1. The van der Waals surface area contributed by atoms with Crippen molar-refractivity contribution in [3.8, 4) is 0 Å². The Kier molecular flexibility index (Phi) is 10.1. The maximum absolute atomic E-state index is 10.6. The number of nitrogens with one attached hydrogen (secondary N) is 4. The van der Waals surface area contributed by atoms with E-state index in [0.717, 1.165) is 17.2 Å². The van der Waals surface area contributed by atoms with Gasteiger partial charge in [0.25, 0.3) is 0 Å². The molecule has 1 aromatic rings. The van der Waals surface area contributed by atoms with E-state index in [0.29, 0.717) is 17.6 Å². The minimum atomic E-state index is -0.743. The van der Waals surface area contributed by atoms with E-state index in [9.17, 15) is 4.79 Å². The fourth-order valence-electron chi connectivity index (χ4n) is 1.26. The summed E-state index contributed by atoms with van der Waals surface area (Å²) in [4.78, 5) is 18.5. The van der Waals surface area contributed by atoms with Crippen molar-refractivity contribution in [3.05, 3.63) is 11.1 Å². The number of halogens is 1. The molecule has 0 atom stereocenters. The molecule has 0 bridgehead atoms. The normalized spacial score (nSPS) is 10.5. The largest absolute Gasteiger partial charge is 0.370 e. The zero-order valence-electron chi connectivity index (χ0n) is 11.9. The van der Waals surface area contributed by atoms with Crippen LogP contribution >= 0.6 is 35.5 Å². The number of carbonyl (C=O) groups excluding carboxylic acids is 1. The number of primary amides is 1. The maximum atomic E-state index is 10.6. The molecule has 12 heteroatoms. The summed E-state index contributed by atoms with van der Waals surface area (Å²) in [6, 6.07) is -0.743. The molecule has 124 valence electrons. The van der Waals surface area contributed by atoms with Crippen LogP contribution in [-0.2, 0) is 5.75 Å². The van der Waals surface area contributed by atoms with E-state index >= 15 is 0 Å². The molecule has 0 aliphatic rings. The van der Waals surface area contributed by atoms with Gasteiger partial charge in [0, 0.05) is 30.5 Å². The lowest BCUT2D eigenvalue weighted by atomic mass is 10.6. The van der Waals surface area contributed by atoms with Crippen molar-refractivity contribution < 1.29 is 4.79 Å². The van der Waals surface area contributed by atoms with Crippen molar-refractivity contribution in [1.82, 2.24) is 15.6 Å². The number of hydrogen-bond acceptors (Lipinski definition) is 5. The molecule has 22 heavy (non-hydrogen) atoms. The Labute approximate surface area is 142 Å². The minimum Gasteiger partial charge on any atom is -0.370 e. The molecular weight excluding hydrogens is 348 g/mol. The molecule has 0 radical (unpaired) electrons. The van der Waals surface area contributed by atoms with E-state index in [1.54, 1.807) is 18.8 Å². The molecule has 0 aliphatic carbocycles. The fourth-order valence-corrected chi connectivity index (χ4v) is 2.83. The molecule has 2 amide bonds. The third-order valence-corrected chi connectivity index (χ3v) is 3.84. The monoisotopic (exact) mass is 366 g/mol. The van der Waals surface area contributed by atoms with Gasteiger partial charge in [-0.1, -0.05) is 0 Å². The first kappa shape index (κ1) is 20.3. The van der Waals surface area contributed by atoms with Gasteiger partial charge in [-0.25, -0.2) is 9.78 Å². The summed E-state index contributed by atoms with van der Waals surface area (Å²) in [7, 11) is 1.65. The first-order chi connectivity index (χ1) is 10.0. The number of guanidine groups is 2. The third-order valence-electron chi connectivity index (χ3n) is 2.04. The van der Waals surface area contributed by atoms with Gasteiger partial charge in [0.05, 0.1) is 5.69 Å². The molecule has 8 N–H and O–H groups in total. The zero-order valence-corrected chi connectivity index (χ0v) is 14.3. The van der Waals surface area contributed by atoms with Crippen LogP contribution in [0.25, 0.3) is 0 Å². The van der Waals surface area contributed by atoms with E-state index in [1.807, 2.05) is 5.38 Å². The highest BCUT2D eigenvalue weighted by molar-refractivity contribution is 7.98. The Hall–Kier alpha value is -1.72. The minimum absolute atomic E-state index is 0. The number of nitrogens with zero attached hydrogens (tertiary/aromatic N) is 2. The number of aromatic nitrogens is 1. The second kappa shape index (κ2) is 10.9. The molecule has 9 nitrogen and oxygen atoms in total. The number of nitrogens with two attached hydrogens (primary N) is 2. The zero-order chi connectivity index (χ0) is 15.7. The van der Waals surface area contributed by atoms with E-state index in [1.165, 1.54) is 11.3 Å². The number of carbonyl (C=O) groups is 1. The molecule has 0 saturated carbocycles. The number of hydrogen-bond donors (Lipinski definition) is 6. The van der Waals surface area contributed by atoms with Crippen LogP contribution in [-0.4, -0.2) is 42.3 Å². The van der Waals surface area contributed by atoms with Gasteiger partial charge >= 0.3 is 6.03 Å². The summed E-state index contributed by atoms with van der Waals surface area (Å²) in [5.74, 6) is 1.79. The third kappa shape index (κ3) is 8.54.